The number of hydrogen-bond donors (Lipinski definition) is 1. The number of nitrogens with one attached hydrogen (secondary N) is 1. The van der Waals surface area contributed by atoms with Gasteiger partial charge < -0.3 is 10.2 Å². The van der Waals surface area contributed by atoms with Crippen molar-refractivity contribution in [2.45, 2.75) is 32.0 Å². The smallest absolute Gasteiger partial charge is 0.311 e. The normalized spacial score (nSPS) is 21.1. The van der Waals surface area contributed by atoms with E-state index in [4.69, 9.17) is 5.26 Å². The standard InChI is InChI=1S/C11H18F3N3/c1-9(8-17-4-2-3-5-17)16-7-10(6-15)11(12,13)14/h9-10,16H,2-5,7-8H2,1H3. The fourth-order valence-electron chi connectivity index (χ4n) is 1.97. The van der Waals surface area contributed by atoms with E-state index in [0.29, 0.717) is 0 Å². The van der Waals surface area contributed by atoms with Gasteiger partial charge in [-0.15, -0.1) is 0 Å². The highest BCUT2D eigenvalue weighted by Crippen LogP contribution is 2.24. The van der Waals surface area contributed by atoms with Gasteiger partial charge in [-0.3, -0.25) is 0 Å². The lowest BCUT2D eigenvalue weighted by molar-refractivity contribution is -0.157. The summed E-state index contributed by atoms with van der Waals surface area (Å²) in [5.41, 5.74) is 0. The summed E-state index contributed by atoms with van der Waals surface area (Å²) in [4.78, 5) is 2.23. The lowest BCUT2D eigenvalue weighted by Gasteiger charge is -2.22. The van der Waals surface area contributed by atoms with Gasteiger partial charge in [-0.2, -0.15) is 18.4 Å². The molecule has 1 heterocycles. The van der Waals surface area contributed by atoms with E-state index < -0.39 is 12.1 Å². The highest BCUT2D eigenvalue weighted by Gasteiger charge is 2.39. The second-order valence-corrected chi connectivity index (χ2v) is 4.54. The van der Waals surface area contributed by atoms with Gasteiger partial charge in [0.25, 0.3) is 0 Å². The van der Waals surface area contributed by atoms with Crippen LogP contribution in [0.25, 0.3) is 0 Å². The molecule has 6 heteroatoms. The molecule has 0 bridgehead atoms. The molecule has 1 fully saturated rings. The van der Waals surface area contributed by atoms with E-state index in [0.717, 1.165) is 32.5 Å². The molecule has 2 unspecified atom stereocenters. The van der Waals surface area contributed by atoms with Gasteiger partial charge in [0.2, 0.25) is 0 Å². The maximum Gasteiger partial charge on any atom is 0.405 e. The third kappa shape index (κ3) is 4.92. The van der Waals surface area contributed by atoms with Crippen molar-refractivity contribution in [1.82, 2.24) is 10.2 Å². The van der Waals surface area contributed by atoms with E-state index in [-0.39, 0.29) is 12.6 Å². The number of alkyl halides is 3. The van der Waals surface area contributed by atoms with E-state index in [1.165, 1.54) is 6.07 Å². The van der Waals surface area contributed by atoms with Crippen LogP contribution in [0.15, 0.2) is 0 Å². The van der Waals surface area contributed by atoms with Gasteiger partial charge in [0.05, 0.1) is 6.07 Å². The first-order chi connectivity index (χ1) is 7.93. The van der Waals surface area contributed by atoms with Crippen molar-refractivity contribution in [2.75, 3.05) is 26.2 Å². The second kappa shape index (κ2) is 6.22. The molecular formula is C11H18F3N3. The molecule has 0 saturated carbocycles. The summed E-state index contributed by atoms with van der Waals surface area (Å²) in [5, 5.41) is 11.2. The van der Waals surface area contributed by atoms with E-state index in [1.54, 1.807) is 0 Å². The first-order valence-corrected chi connectivity index (χ1v) is 5.85. The van der Waals surface area contributed by atoms with Crippen molar-refractivity contribution in [2.24, 2.45) is 5.92 Å². The lowest BCUT2D eigenvalue weighted by atomic mass is 10.1. The Bertz CT molecular complexity index is 266. The predicted molar refractivity (Wildman–Crippen MR) is 58.3 cm³/mol. The molecule has 1 aliphatic rings. The number of hydrogen-bond acceptors (Lipinski definition) is 3. The van der Waals surface area contributed by atoms with Crippen molar-refractivity contribution in [3.8, 4) is 6.07 Å². The van der Waals surface area contributed by atoms with Crippen LogP contribution in [-0.4, -0.2) is 43.3 Å². The van der Waals surface area contributed by atoms with Gasteiger partial charge in [-0.1, -0.05) is 0 Å². The summed E-state index contributed by atoms with van der Waals surface area (Å²) in [6.45, 7) is 4.31. The fourth-order valence-corrected chi connectivity index (χ4v) is 1.97. The summed E-state index contributed by atoms with van der Waals surface area (Å²) >= 11 is 0. The highest BCUT2D eigenvalue weighted by atomic mass is 19.4. The van der Waals surface area contributed by atoms with Gasteiger partial charge in [-0.05, 0) is 32.9 Å². The molecule has 98 valence electrons. The lowest BCUT2D eigenvalue weighted by Crippen LogP contribution is -2.42. The van der Waals surface area contributed by atoms with Crippen LogP contribution in [0.5, 0.6) is 0 Å². The molecule has 0 radical (unpaired) electrons. The van der Waals surface area contributed by atoms with Gasteiger partial charge in [-0.25, -0.2) is 0 Å². The first-order valence-electron chi connectivity index (χ1n) is 5.85. The van der Waals surface area contributed by atoms with Gasteiger partial charge in [0.1, 0.15) is 0 Å². The minimum Gasteiger partial charge on any atom is -0.311 e. The van der Waals surface area contributed by atoms with Crippen LogP contribution in [0.3, 0.4) is 0 Å². The van der Waals surface area contributed by atoms with E-state index in [1.807, 2.05) is 6.92 Å². The number of rotatable bonds is 5. The largest absolute Gasteiger partial charge is 0.405 e. The molecule has 3 nitrogen and oxygen atoms in total. The van der Waals surface area contributed by atoms with Crippen LogP contribution in [0.4, 0.5) is 13.2 Å². The Labute approximate surface area is 99.6 Å². The van der Waals surface area contributed by atoms with Crippen molar-refractivity contribution in [3.63, 3.8) is 0 Å². The number of likely N-dealkylation sites (tertiary alicyclic amines) is 1. The molecule has 1 rings (SSSR count). The molecule has 0 aromatic heterocycles. The maximum absolute atomic E-state index is 12.3. The summed E-state index contributed by atoms with van der Waals surface area (Å²) in [5.74, 6) is -1.91. The molecule has 0 aliphatic carbocycles. The van der Waals surface area contributed by atoms with E-state index in [2.05, 4.69) is 10.2 Å². The molecule has 2 atom stereocenters. The third-order valence-corrected chi connectivity index (χ3v) is 2.95. The predicted octanol–water partition coefficient (Wildman–Crippen LogP) is 1.76. The Morgan fingerprint density at radius 3 is 2.41 bits per heavy atom. The number of nitriles is 1. The SMILES string of the molecule is CC(CN1CCCC1)NCC(C#N)C(F)(F)F. The van der Waals surface area contributed by atoms with E-state index in [9.17, 15) is 13.2 Å². The molecule has 1 aliphatic heterocycles. The van der Waals surface area contributed by atoms with Crippen LogP contribution in [0.1, 0.15) is 19.8 Å². The van der Waals surface area contributed by atoms with Gasteiger partial charge >= 0.3 is 6.18 Å². The summed E-state index contributed by atoms with van der Waals surface area (Å²) in [6, 6.07) is 1.27. The first kappa shape index (κ1) is 14.3. The Kier molecular flexibility index (Phi) is 5.22. The van der Waals surface area contributed by atoms with Crippen molar-refractivity contribution < 1.29 is 13.2 Å². The average Bonchev–Trinajstić information content (AvgIpc) is 2.69. The Hall–Kier alpha value is -0.800. The summed E-state index contributed by atoms with van der Waals surface area (Å²) in [7, 11) is 0. The van der Waals surface area contributed by atoms with E-state index >= 15 is 0 Å². The molecule has 0 aromatic carbocycles. The second-order valence-electron chi connectivity index (χ2n) is 4.54. The van der Waals surface area contributed by atoms with Crippen molar-refractivity contribution in [3.05, 3.63) is 0 Å². The van der Waals surface area contributed by atoms with Crippen LogP contribution in [0, 0.1) is 17.2 Å². The van der Waals surface area contributed by atoms with Crippen molar-refractivity contribution in [1.29, 1.82) is 5.26 Å². The van der Waals surface area contributed by atoms with Crippen LogP contribution >= 0.6 is 0 Å². The Morgan fingerprint density at radius 1 is 1.35 bits per heavy atom. The molecule has 0 amide bonds. The highest BCUT2D eigenvalue weighted by molar-refractivity contribution is 4.90. The maximum atomic E-state index is 12.3. The molecule has 1 saturated heterocycles. The van der Waals surface area contributed by atoms with Crippen LogP contribution in [-0.2, 0) is 0 Å². The van der Waals surface area contributed by atoms with Crippen LogP contribution in [0.2, 0.25) is 0 Å². The van der Waals surface area contributed by atoms with Gasteiger partial charge in [0, 0.05) is 19.1 Å². The Morgan fingerprint density at radius 2 is 1.94 bits per heavy atom. The topological polar surface area (TPSA) is 39.1 Å². The summed E-state index contributed by atoms with van der Waals surface area (Å²) in [6.07, 6.45) is -2.11. The molecular weight excluding hydrogens is 231 g/mol. The fraction of sp³-hybridized carbons (Fsp3) is 0.909. The molecule has 0 aromatic rings. The number of halogens is 3. The quantitative estimate of drug-likeness (QED) is 0.807. The minimum atomic E-state index is -4.44. The Balaban J connectivity index is 2.26. The van der Waals surface area contributed by atoms with Crippen molar-refractivity contribution >= 4 is 0 Å². The summed E-state index contributed by atoms with van der Waals surface area (Å²) < 4.78 is 36.9. The zero-order valence-electron chi connectivity index (χ0n) is 9.93. The third-order valence-electron chi connectivity index (χ3n) is 2.95. The zero-order chi connectivity index (χ0) is 12.9. The molecule has 17 heavy (non-hydrogen) atoms. The molecule has 0 spiro atoms. The monoisotopic (exact) mass is 249 g/mol. The zero-order valence-corrected chi connectivity index (χ0v) is 9.93. The van der Waals surface area contributed by atoms with Gasteiger partial charge in [0.15, 0.2) is 5.92 Å². The number of nitrogens with zero attached hydrogens (tertiary/aromatic N) is 2. The minimum absolute atomic E-state index is 0.0219. The van der Waals surface area contributed by atoms with Crippen LogP contribution < -0.4 is 5.32 Å². The average molecular weight is 249 g/mol. The molecule has 1 N–H and O–H groups in total.